The van der Waals surface area contributed by atoms with Crippen molar-refractivity contribution in [1.82, 2.24) is 20.1 Å². The van der Waals surface area contributed by atoms with Gasteiger partial charge in [0.25, 0.3) is 5.91 Å². The molecule has 0 aliphatic rings. The molecule has 0 atom stereocenters. The highest BCUT2D eigenvalue weighted by atomic mass is 16.1. The van der Waals surface area contributed by atoms with Crippen LogP contribution in [-0.4, -0.2) is 27.2 Å². The molecule has 0 spiro atoms. The Labute approximate surface area is 146 Å². The predicted molar refractivity (Wildman–Crippen MR) is 98.2 cm³/mol. The van der Waals surface area contributed by atoms with Gasteiger partial charge in [0.2, 0.25) is 0 Å². The van der Waals surface area contributed by atoms with E-state index in [1.54, 1.807) is 12.3 Å². The minimum absolute atomic E-state index is 0.111. The van der Waals surface area contributed by atoms with Crippen molar-refractivity contribution < 1.29 is 4.79 Å². The smallest absolute Gasteiger partial charge is 0.252 e. The number of benzene rings is 1. The molecule has 0 aliphatic heterocycles. The lowest BCUT2D eigenvalue weighted by molar-refractivity contribution is 0.0955. The quantitative estimate of drug-likeness (QED) is 0.726. The molecule has 6 nitrogen and oxygen atoms in total. The monoisotopic (exact) mass is 335 g/mol. The van der Waals surface area contributed by atoms with Gasteiger partial charge in [0.15, 0.2) is 0 Å². The fourth-order valence-corrected chi connectivity index (χ4v) is 2.59. The van der Waals surface area contributed by atoms with Crippen LogP contribution in [0.4, 0.5) is 5.82 Å². The first-order chi connectivity index (χ1) is 12.2. The third-order valence-electron chi connectivity index (χ3n) is 3.77. The van der Waals surface area contributed by atoms with Crippen LogP contribution in [0.3, 0.4) is 0 Å². The first-order valence-corrected chi connectivity index (χ1v) is 8.23. The maximum atomic E-state index is 11.8. The van der Waals surface area contributed by atoms with Crippen LogP contribution in [0.2, 0.25) is 0 Å². The number of nitrogens with zero attached hydrogens (tertiary/aromatic N) is 3. The minimum Gasteiger partial charge on any atom is -0.366 e. The molecule has 0 saturated carbocycles. The van der Waals surface area contributed by atoms with Gasteiger partial charge in [-0.05, 0) is 19.1 Å². The number of hydrogen-bond acceptors (Lipinski definition) is 4. The Morgan fingerprint density at radius 2 is 1.96 bits per heavy atom. The van der Waals surface area contributed by atoms with Crippen molar-refractivity contribution in [1.29, 1.82) is 0 Å². The Morgan fingerprint density at radius 3 is 2.64 bits per heavy atom. The van der Waals surface area contributed by atoms with E-state index in [2.05, 4.69) is 20.7 Å². The summed E-state index contributed by atoms with van der Waals surface area (Å²) in [5.74, 6) is 0.607. The van der Waals surface area contributed by atoms with E-state index >= 15 is 0 Å². The molecular formula is C19H21N5O. The fraction of sp³-hybridized carbons (Fsp3) is 0.211. The summed E-state index contributed by atoms with van der Waals surface area (Å²) in [5, 5.41) is 10.6. The predicted octanol–water partition coefficient (Wildman–Crippen LogP) is 2.84. The van der Waals surface area contributed by atoms with E-state index in [0.29, 0.717) is 18.7 Å². The van der Waals surface area contributed by atoms with E-state index in [-0.39, 0.29) is 5.91 Å². The van der Waals surface area contributed by atoms with E-state index in [4.69, 9.17) is 0 Å². The van der Waals surface area contributed by atoms with E-state index in [1.807, 2.05) is 61.2 Å². The maximum absolute atomic E-state index is 11.8. The topological polar surface area (TPSA) is 71.8 Å². The van der Waals surface area contributed by atoms with Crippen molar-refractivity contribution in [2.24, 2.45) is 7.05 Å². The number of rotatable bonds is 6. The Hall–Kier alpha value is -3.15. The summed E-state index contributed by atoms with van der Waals surface area (Å²) in [4.78, 5) is 16.1. The standard InChI is InChI=1S/C19H21N5O/c1-3-20-19(25)15-9-10-17(21-11-15)22-12-16-13-24(2)23-18(16)14-7-5-4-6-8-14/h4-11,13H,3,12H2,1-2H3,(H,20,25)(H,21,22). The van der Waals surface area contributed by atoms with Crippen LogP contribution in [-0.2, 0) is 13.6 Å². The summed E-state index contributed by atoms with van der Waals surface area (Å²) in [7, 11) is 1.91. The number of aryl methyl sites for hydroxylation is 1. The van der Waals surface area contributed by atoms with E-state index < -0.39 is 0 Å². The number of anilines is 1. The number of amides is 1. The summed E-state index contributed by atoms with van der Waals surface area (Å²) in [6, 6.07) is 13.7. The van der Waals surface area contributed by atoms with Gasteiger partial charge in [0.1, 0.15) is 5.82 Å². The Balaban J connectivity index is 1.71. The summed E-state index contributed by atoms with van der Waals surface area (Å²) in [5.41, 5.74) is 3.68. The first kappa shape index (κ1) is 16.7. The molecule has 25 heavy (non-hydrogen) atoms. The molecule has 128 valence electrons. The second-order valence-corrected chi connectivity index (χ2v) is 5.69. The zero-order valence-electron chi connectivity index (χ0n) is 14.4. The lowest BCUT2D eigenvalue weighted by atomic mass is 10.1. The third-order valence-corrected chi connectivity index (χ3v) is 3.77. The highest BCUT2D eigenvalue weighted by molar-refractivity contribution is 5.93. The number of aromatic nitrogens is 3. The van der Waals surface area contributed by atoms with Gasteiger partial charge in [0, 0.05) is 43.7 Å². The number of carbonyl (C=O) groups is 1. The maximum Gasteiger partial charge on any atom is 0.252 e. The average Bonchev–Trinajstić information content (AvgIpc) is 3.02. The molecule has 2 N–H and O–H groups in total. The summed E-state index contributed by atoms with van der Waals surface area (Å²) in [6.45, 7) is 3.09. The van der Waals surface area contributed by atoms with Gasteiger partial charge in [-0.25, -0.2) is 4.98 Å². The van der Waals surface area contributed by atoms with Crippen LogP contribution in [0.5, 0.6) is 0 Å². The van der Waals surface area contributed by atoms with Gasteiger partial charge in [-0.2, -0.15) is 5.10 Å². The second-order valence-electron chi connectivity index (χ2n) is 5.69. The van der Waals surface area contributed by atoms with E-state index in [9.17, 15) is 4.79 Å². The van der Waals surface area contributed by atoms with E-state index in [1.165, 1.54) is 0 Å². The van der Waals surface area contributed by atoms with Gasteiger partial charge in [-0.15, -0.1) is 0 Å². The largest absolute Gasteiger partial charge is 0.366 e. The molecule has 0 bridgehead atoms. The molecule has 0 aliphatic carbocycles. The Bertz CT molecular complexity index is 840. The highest BCUT2D eigenvalue weighted by Gasteiger charge is 2.10. The molecule has 0 saturated heterocycles. The SMILES string of the molecule is CCNC(=O)c1ccc(NCc2cn(C)nc2-c2ccccc2)nc1. The van der Waals surface area contributed by atoms with Crippen molar-refractivity contribution in [3.63, 3.8) is 0 Å². The minimum atomic E-state index is -0.111. The summed E-state index contributed by atoms with van der Waals surface area (Å²) >= 11 is 0. The highest BCUT2D eigenvalue weighted by Crippen LogP contribution is 2.22. The number of pyridine rings is 1. The van der Waals surface area contributed by atoms with Crippen LogP contribution < -0.4 is 10.6 Å². The van der Waals surface area contributed by atoms with Crippen LogP contribution in [0.1, 0.15) is 22.8 Å². The Morgan fingerprint density at radius 1 is 1.16 bits per heavy atom. The molecule has 0 fully saturated rings. The second kappa shape index (κ2) is 7.61. The van der Waals surface area contributed by atoms with Crippen LogP contribution in [0.25, 0.3) is 11.3 Å². The zero-order valence-corrected chi connectivity index (χ0v) is 14.4. The molecule has 3 aromatic rings. The molecule has 2 aromatic heterocycles. The van der Waals surface area contributed by atoms with E-state index in [0.717, 1.165) is 22.6 Å². The average molecular weight is 335 g/mol. The van der Waals surface area contributed by atoms with Gasteiger partial charge >= 0.3 is 0 Å². The van der Waals surface area contributed by atoms with Crippen molar-refractivity contribution in [2.75, 3.05) is 11.9 Å². The summed E-state index contributed by atoms with van der Waals surface area (Å²) in [6.07, 6.45) is 3.58. The van der Waals surface area contributed by atoms with Gasteiger partial charge in [-0.3, -0.25) is 9.48 Å². The number of nitrogens with one attached hydrogen (secondary N) is 2. The summed E-state index contributed by atoms with van der Waals surface area (Å²) < 4.78 is 1.81. The first-order valence-electron chi connectivity index (χ1n) is 8.23. The van der Waals surface area contributed by atoms with Crippen LogP contribution >= 0.6 is 0 Å². The fourth-order valence-electron chi connectivity index (χ4n) is 2.59. The van der Waals surface area contributed by atoms with Crippen LogP contribution in [0, 0.1) is 0 Å². The van der Waals surface area contributed by atoms with Crippen LogP contribution in [0.15, 0.2) is 54.9 Å². The normalized spacial score (nSPS) is 10.5. The molecule has 1 amide bonds. The molecule has 1 aromatic carbocycles. The van der Waals surface area contributed by atoms with Gasteiger partial charge in [0.05, 0.1) is 11.3 Å². The van der Waals surface area contributed by atoms with Crippen molar-refractivity contribution >= 4 is 11.7 Å². The third kappa shape index (κ3) is 4.03. The lowest BCUT2D eigenvalue weighted by Crippen LogP contribution is -2.22. The molecule has 6 heteroatoms. The molecule has 0 radical (unpaired) electrons. The van der Waals surface area contributed by atoms with Crippen molar-refractivity contribution in [2.45, 2.75) is 13.5 Å². The zero-order chi connectivity index (χ0) is 17.6. The van der Waals surface area contributed by atoms with Gasteiger partial charge < -0.3 is 10.6 Å². The molecular weight excluding hydrogens is 314 g/mol. The molecule has 0 unspecified atom stereocenters. The molecule has 3 rings (SSSR count). The molecule has 2 heterocycles. The van der Waals surface area contributed by atoms with Crippen molar-refractivity contribution in [3.8, 4) is 11.3 Å². The lowest BCUT2D eigenvalue weighted by Gasteiger charge is -2.07. The Kier molecular flexibility index (Phi) is 5.09. The van der Waals surface area contributed by atoms with Crippen molar-refractivity contribution in [3.05, 3.63) is 66.0 Å². The van der Waals surface area contributed by atoms with Gasteiger partial charge in [-0.1, -0.05) is 30.3 Å². The number of carbonyl (C=O) groups excluding carboxylic acids is 1. The number of hydrogen-bond donors (Lipinski definition) is 2.